The molecule has 1 aliphatic rings. The number of phenolic OH excluding ortho intramolecular Hbond substituents is 1. The third-order valence-corrected chi connectivity index (χ3v) is 4.17. The maximum atomic E-state index is 11.9. The van der Waals surface area contributed by atoms with Crippen LogP contribution >= 0.6 is 0 Å². The van der Waals surface area contributed by atoms with Gasteiger partial charge < -0.3 is 15.6 Å². The van der Waals surface area contributed by atoms with Gasteiger partial charge in [-0.2, -0.15) is 0 Å². The van der Waals surface area contributed by atoms with Gasteiger partial charge in [0.15, 0.2) is 0 Å². The molecule has 1 aromatic carbocycles. The largest absolute Gasteiger partial charge is 0.506 e. The smallest absolute Gasteiger partial charge is 0.412 e. The zero-order chi connectivity index (χ0) is 16.8. The van der Waals surface area contributed by atoms with Crippen molar-refractivity contribution in [3.05, 3.63) is 23.8 Å². The molecule has 122 valence electrons. The van der Waals surface area contributed by atoms with Crippen molar-refractivity contribution in [1.82, 2.24) is 0 Å². The summed E-state index contributed by atoms with van der Waals surface area (Å²) in [5, 5.41) is 12.6. The average Bonchev–Trinajstić information content (AvgIpc) is 3.09. The first-order valence-corrected chi connectivity index (χ1v) is 7.57. The molecule has 1 aromatic rings. The number of aromatic hydroxyl groups is 1. The number of nitrogens with one attached hydrogen (secondary N) is 1. The monoisotopic (exact) mass is 306 g/mol. The molecule has 1 aliphatic carbocycles. The van der Waals surface area contributed by atoms with E-state index in [4.69, 9.17) is 10.5 Å². The molecule has 2 rings (SSSR count). The SMILES string of the molecule is CC(C)(C)OC(=O)Nc1cc(C2(C(C)(C)N)CC2)ccc1O. The van der Waals surface area contributed by atoms with Gasteiger partial charge in [-0.15, -0.1) is 0 Å². The molecule has 0 saturated heterocycles. The molecule has 0 heterocycles. The quantitative estimate of drug-likeness (QED) is 0.746. The highest BCUT2D eigenvalue weighted by atomic mass is 16.6. The van der Waals surface area contributed by atoms with Gasteiger partial charge in [-0.1, -0.05) is 6.07 Å². The lowest BCUT2D eigenvalue weighted by molar-refractivity contribution is 0.0635. The Labute approximate surface area is 131 Å². The number of amides is 1. The fraction of sp³-hybridized carbons (Fsp3) is 0.588. The van der Waals surface area contributed by atoms with Crippen LogP contribution in [0.3, 0.4) is 0 Å². The van der Waals surface area contributed by atoms with E-state index in [-0.39, 0.29) is 16.7 Å². The first-order chi connectivity index (χ1) is 9.95. The van der Waals surface area contributed by atoms with Gasteiger partial charge in [0.1, 0.15) is 11.4 Å². The molecule has 5 nitrogen and oxygen atoms in total. The molecule has 0 unspecified atom stereocenters. The first kappa shape index (κ1) is 16.6. The van der Waals surface area contributed by atoms with Crippen molar-refractivity contribution in [3.63, 3.8) is 0 Å². The van der Waals surface area contributed by atoms with Gasteiger partial charge in [-0.05, 0) is 65.2 Å². The number of ether oxygens (including phenoxy) is 1. The van der Waals surface area contributed by atoms with E-state index in [0.717, 1.165) is 18.4 Å². The van der Waals surface area contributed by atoms with Crippen LogP contribution in [0, 0.1) is 0 Å². The number of nitrogens with two attached hydrogens (primary N) is 1. The highest BCUT2D eigenvalue weighted by molar-refractivity contribution is 5.87. The maximum Gasteiger partial charge on any atom is 0.412 e. The van der Waals surface area contributed by atoms with Crippen molar-refractivity contribution in [2.24, 2.45) is 5.73 Å². The van der Waals surface area contributed by atoms with Crippen molar-refractivity contribution < 1.29 is 14.6 Å². The van der Waals surface area contributed by atoms with Crippen molar-refractivity contribution in [2.75, 3.05) is 5.32 Å². The Morgan fingerprint density at radius 2 is 1.86 bits per heavy atom. The molecule has 0 bridgehead atoms. The molecule has 0 radical (unpaired) electrons. The second kappa shape index (κ2) is 5.16. The summed E-state index contributed by atoms with van der Waals surface area (Å²) in [6, 6.07) is 5.26. The van der Waals surface area contributed by atoms with Crippen molar-refractivity contribution in [3.8, 4) is 5.75 Å². The highest BCUT2D eigenvalue weighted by Gasteiger charge is 2.53. The number of hydrogen-bond donors (Lipinski definition) is 3. The van der Waals surface area contributed by atoms with Gasteiger partial charge in [0.25, 0.3) is 0 Å². The lowest BCUT2D eigenvalue weighted by atomic mass is 9.79. The minimum absolute atomic E-state index is 0.0141. The van der Waals surface area contributed by atoms with Gasteiger partial charge in [0.2, 0.25) is 0 Å². The van der Waals surface area contributed by atoms with E-state index in [1.807, 2.05) is 19.9 Å². The molecule has 0 aliphatic heterocycles. The molecular formula is C17H26N2O3. The fourth-order valence-corrected chi connectivity index (χ4v) is 2.78. The van der Waals surface area contributed by atoms with Crippen LogP contribution in [0.25, 0.3) is 0 Å². The standard InChI is InChI=1S/C17H26N2O3/c1-15(2,3)22-14(21)19-12-10-11(6-7-13(12)20)17(8-9-17)16(4,5)18/h6-7,10,20H,8-9,18H2,1-5H3,(H,19,21). The molecule has 22 heavy (non-hydrogen) atoms. The molecule has 0 spiro atoms. The van der Waals surface area contributed by atoms with Gasteiger partial charge >= 0.3 is 6.09 Å². The van der Waals surface area contributed by atoms with Crippen LogP contribution in [-0.2, 0) is 10.2 Å². The Morgan fingerprint density at radius 3 is 2.32 bits per heavy atom. The molecule has 1 saturated carbocycles. The third-order valence-electron chi connectivity index (χ3n) is 4.17. The van der Waals surface area contributed by atoms with Gasteiger partial charge in [-0.25, -0.2) is 4.79 Å². The maximum absolute atomic E-state index is 11.9. The minimum Gasteiger partial charge on any atom is -0.506 e. The fourth-order valence-electron chi connectivity index (χ4n) is 2.78. The first-order valence-electron chi connectivity index (χ1n) is 7.57. The van der Waals surface area contributed by atoms with Crippen LogP contribution in [-0.4, -0.2) is 22.3 Å². The van der Waals surface area contributed by atoms with E-state index in [1.165, 1.54) is 0 Å². The van der Waals surface area contributed by atoms with Crippen molar-refractivity contribution in [2.45, 2.75) is 64.0 Å². The predicted octanol–water partition coefficient (Wildman–Crippen LogP) is 3.51. The second-order valence-electron chi connectivity index (χ2n) is 7.66. The molecule has 4 N–H and O–H groups in total. The summed E-state index contributed by atoms with van der Waals surface area (Å²) in [4.78, 5) is 11.9. The van der Waals surface area contributed by atoms with E-state index in [0.29, 0.717) is 5.69 Å². The van der Waals surface area contributed by atoms with Gasteiger partial charge in [-0.3, -0.25) is 5.32 Å². The van der Waals surface area contributed by atoms with Crippen LogP contribution in [0.2, 0.25) is 0 Å². The van der Waals surface area contributed by atoms with Crippen LogP contribution in [0.1, 0.15) is 53.0 Å². The summed E-state index contributed by atoms with van der Waals surface area (Å²) >= 11 is 0. The molecule has 1 amide bonds. The molecular weight excluding hydrogens is 280 g/mol. The summed E-state index contributed by atoms with van der Waals surface area (Å²) in [6.45, 7) is 9.39. The summed E-state index contributed by atoms with van der Waals surface area (Å²) in [5.74, 6) is 0.0141. The number of carbonyl (C=O) groups excluding carboxylic acids is 1. The van der Waals surface area contributed by atoms with Crippen LogP contribution in [0.4, 0.5) is 10.5 Å². The zero-order valence-electron chi connectivity index (χ0n) is 14.0. The second-order valence-corrected chi connectivity index (χ2v) is 7.66. The molecule has 1 fully saturated rings. The summed E-state index contributed by atoms with van der Waals surface area (Å²) in [6.07, 6.45) is 1.43. The molecule has 0 aromatic heterocycles. The third kappa shape index (κ3) is 3.35. The lowest BCUT2D eigenvalue weighted by Gasteiger charge is -2.31. The predicted molar refractivity (Wildman–Crippen MR) is 87.1 cm³/mol. The number of carbonyl (C=O) groups is 1. The van der Waals surface area contributed by atoms with Gasteiger partial charge in [0.05, 0.1) is 5.69 Å². The van der Waals surface area contributed by atoms with Crippen molar-refractivity contribution >= 4 is 11.8 Å². The topological polar surface area (TPSA) is 84.6 Å². The normalized spacial score (nSPS) is 17.0. The van der Waals surface area contributed by atoms with Crippen LogP contribution in [0.15, 0.2) is 18.2 Å². The summed E-state index contributed by atoms with van der Waals surface area (Å²) < 4.78 is 5.22. The van der Waals surface area contributed by atoms with Crippen LogP contribution in [0.5, 0.6) is 5.75 Å². The van der Waals surface area contributed by atoms with E-state index in [9.17, 15) is 9.90 Å². The average molecular weight is 306 g/mol. The van der Waals surface area contributed by atoms with E-state index >= 15 is 0 Å². The molecule has 0 atom stereocenters. The Hall–Kier alpha value is -1.75. The molecule has 5 heteroatoms. The van der Waals surface area contributed by atoms with E-state index < -0.39 is 11.7 Å². The van der Waals surface area contributed by atoms with Crippen molar-refractivity contribution in [1.29, 1.82) is 0 Å². The number of benzene rings is 1. The number of phenols is 1. The Morgan fingerprint density at radius 1 is 1.27 bits per heavy atom. The van der Waals surface area contributed by atoms with Crippen LogP contribution < -0.4 is 11.1 Å². The summed E-state index contributed by atoms with van der Waals surface area (Å²) in [7, 11) is 0. The number of rotatable bonds is 3. The zero-order valence-corrected chi connectivity index (χ0v) is 14.0. The minimum atomic E-state index is -0.589. The highest BCUT2D eigenvalue weighted by Crippen LogP contribution is 2.55. The lowest BCUT2D eigenvalue weighted by Crippen LogP contribution is -2.45. The summed E-state index contributed by atoms with van der Waals surface area (Å²) in [5.41, 5.74) is 6.65. The Balaban J connectivity index is 2.24. The number of anilines is 1. The van der Waals surface area contributed by atoms with Gasteiger partial charge in [0, 0.05) is 11.0 Å². The number of hydrogen-bond acceptors (Lipinski definition) is 4. The van der Waals surface area contributed by atoms with E-state index in [2.05, 4.69) is 5.32 Å². The Bertz CT molecular complexity index is 579. The Kier molecular flexibility index (Phi) is 3.90. The van der Waals surface area contributed by atoms with E-state index in [1.54, 1.807) is 32.9 Å².